The number of carbonyl (C=O) groups is 3. The van der Waals surface area contributed by atoms with Crippen molar-refractivity contribution in [2.75, 3.05) is 13.1 Å². The first-order valence-corrected chi connectivity index (χ1v) is 19.9. The number of ketones is 1. The second-order valence-electron chi connectivity index (χ2n) is 19.4. The van der Waals surface area contributed by atoms with E-state index in [9.17, 15) is 24.6 Å². The number of Topliss-reactive ketones (excluding diaryl/α,β-unsaturated/α-hetero) is 1. The Kier molecular flexibility index (Phi) is 7.34. The third kappa shape index (κ3) is 3.91. The number of hydrogen-bond donors (Lipinski definition) is 2. The summed E-state index contributed by atoms with van der Waals surface area (Å²) in [5.41, 5.74) is -4.05. The van der Waals surface area contributed by atoms with Gasteiger partial charge in [0.2, 0.25) is 0 Å². The van der Waals surface area contributed by atoms with Crippen LogP contribution in [-0.4, -0.2) is 63.2 Å². The van der Waals surface area contributed by atoms with Crippen LogP contribution in [0.15, 0.2) is 23.8 Å². The molecule has 0 aromatic heterocycles. The fourth-order valence-corrected chi connectivity index (χ4v) is 14.0. The van der Waals surface area contributed by atoms with Crippen LogP contribution < -0.4 is 0 Å². The van der Waals surface area contributed by atoms with E-state index < -0.39 is 32.9 Å². The van der Waals surface area contributed by atoms with Gasteiger partial charge in [0.1, 0.15) is 0 Å². The third-order valence-electron chi connectivity index (χ3n) is 17.6. The molecule has 7 nitrogen and oxygen atoms in total. The van der Waals surface area contributed by atoms with Crippen molar-refractivity contribution >= 4 is 17.7 Å². The molecule has 10 unspecified atom stereocenters. The van der Waals surface area contributed by atoms with Gasteiger partial charge in [0, 0.05) is 39.7 Å². The average Bonchev–Trinajstić information content (AvgIpc) is 3.52. The van der Waals surface area contributed by atoms with Gasteiger partial charge in [0.05, 0.1) is 23.7 Å². The van der Waals surface area contributed by atoms with Crippen LogP contribution in [0.4, 0.5) is 0 Å². The number of nitrogens with zero attached hydrogens (tertiary/aromatic N) is 1. The Hall–Kier alpha value is -1.99. The smallest absolute Gasteiger partial charge is 0.313 e. The summed E-state index contributed by atoms with van der Waals surface area (Å²) in [6, 6.07) is 0. The van der Waals surface area contributed by atoms with Crippen molar-refractivity contribution in [2.45, 2.75) is 155 Å². The Bertz CT molecular complexity index is 1530. The van der Waals surface area contributed by atoms with Crippen LogP contribution in [0.25, 0.3) is 0 Å². The zero-order valence-corrected chi connectivity index (χ0v) is 31.0. The molecule has 4 bridgehead atoms. The number of aliphatic hydroxyl groups excluding tert-OH is 1. The molecule has 1 saturated heterocycles. The van der Waals surface area contributed by atoms with Gasteiger partial charge in [-0.25, -0.2) is 0 Å². The molecule has 1 aliphatic heterocycles. The maximum atomic E-state index is 14.9. The van der Waals surface area contributed by atoms with Crippen LogP contribution in [0.5, 0.6) is 0 Å². The Morgan fingerprint density at radius 3 is 2.20 bits per heavy atom. The Morgan fingerprint density at radius 2 is 1.55 bits per heavy atom. The van der Waals surface area contributed by atoms with E-state index >= 15 is 0 Å². The molecule has 6 fully saturated rings. The number of esters is 1. The van der Waals surface area contributed by atoms with E-state index in [1.54, 1.807) is 0 Å². The van der Waals surface area contributed by atoms with Gasteiger partial charge in [-0.1, -0.05) is 72.1 Å². The Labute approximate surface area is 293 Å². The topological polar surface area (TPSA) is 104 Å². The quantitative estimate of drug-likeness (QED) is 0.221. The lowest BCUT2D eigenvalue weighted by Gasteiger charge is -2.71. The molecule has 2 N–H and O–H groups in total. The minimum Gasteiger partial charge on any atom is -0.448 e. The predicted molar refractivity (Wildman–Crippen MR) is 187 cm³/mol. The monoisotopic (exact) mass is 675 g/mol. The molecular weight excluding hydrogens is 614 g/mol. The highest BCUT2D eigenvalue weighted by molar-refractivity contribution is 6.00. The van der Waals surface area contributed by atoms with Gasteiger partial charge in [-0.15, -0.1) is 0 Å². The van der Waals surface area contributed by atoms with E-state index in [0.717, 1.165) is 69.8 Å². The molecule has 5 saturated carbocycles. The van der Waals surface area contributed by atoms with Gasteiger partial charge in [-0.3, -0.25) is 14.4 Å². The molecule has 49 heavy (non-hydrogen) atoms. The SMILES string of the molecule is CCCN(CC1(O)CCC2C34C=CC5(C=C3C(=O)C3CCCCC3)CC(O)CCC5(C)C4CCC21C)C(=O)C12CCC(C)(C(=O)O1)C2(C)C. The van der Waals surface area contributed by atoms with E-state index in [1.165, 1.54) is 6.42 Å². The number of ether oxygens (including phenoxy) is 1. The molecule has 2 spiro atoms. The van der Waals surface area contributed by atoms with E-state index in [1.807, 2.05) is 25.7 Å². The lowest BCUT2D eigenvalue weighted by atomic mass is 9.32. The molecule has 0 aromatic carbocycles. The number of allylic oxidation sites excluding steroid dienone is 4. The highest BCUT2D eigenvalue weighted by atomic mass is 16.6. The van der Waals surface area contributed by atoms with Gasteiger partial charge in [0.15, 0.2) is 11.4 Å². The molecule has 9 aliphatic rings. The van der Waals surface area contributed by atoms with Gasteiger partial charge in [-0.05, 0) is 101 Å². The minimum atomic E-state index is -1.21. The van der Waals surface area contributed by atoms with Gasteiger partial charge < -0.3 is 19.8 Å². The van der Waals surface area contributed by atoms with Crippen LogP contribution in [0.2, 0.25) is 0 Å². The number of carbonyl (C=O) groups excluding carboxylic acids is 3. The third-order valence-corrected chi connectivity index (χ3v) is 17.6. The van der Waals surface area contributed by atoms with Crippen molar-refractivity contribution in [1.82, 2.24) is 4.90 Å². The summed E-state index contributed by atoms with van der Waals surface area (Å²) >= 11 is 0. The molecule has 10 atom stereocenters. The zero-order chi connectivity index (χ0) is 35.0. The lowest BCUT2D eigenvalue weighted by molar-refractivity contribution is -0.188. The van der Waals surface area contributed by atoms with E-state index in [0.29, 0.717) is 38.0 Å². The molecule has 270 valence electrons. The lowest BCUT2D eigenvalue weighted by Crippen LogP contribution is -2.68. The van der Waals surface area contributed by atoms with Crippen molar-refractivity contribution in [3.05, 3.63) is 23.8 Å². The van der Waals surface area contributed by atoms with Crippen LogP contribution in [-0.2, 0) is 19.1 Å². The van der Waals surface area contributed by atoms with Gasteiger partial charge in [-0.2, -0.15) is 0 Å². The fraction of sp³-hybridized carbons (Fsp3) is 0.833. The number of amides is 1. The van der Waals surface area contributed by atoms with E-state index in [2.05, 4.69) is 39.0 Å². The van der Waals surface area contributed by atoms with Crippen molar-refractivity contribution in [3.8, 4) is 0 Å². The van der Waals surface area contributed by atoms with Crippen molar-refractivity contribution in [3.63, 3.8) is 0 Å². The second kappa shape index (κ2) is 10.5. The summed E-state index contributed by atoms with van der Waals surface area (Å²) in [6.45, 7) is 13.4. The number of fused-ring (bicyclic) bond motifs is 3. The molecule has 0 aromatic rings. The summed E-state index contributed by atoms with van der Waals surface area (Å²) in [5, 5.41) is 24.1. The minimum absolute atomic E-state index is 0.0545. The van der Waals surface area contributed by atoms with Crippen LogP contribution in [0, 0.1) is 50.2 Å². The second-order valence-corrected chi connectivity index (χ2v) is 19.4. The van der Waals surface area contributed by atoms with Crippen molar-refractivity contribution < 1.29 is 29.3 Å². The predicted octanol–water partition coefficient (Wildman–Crippen LogP) is 7.09. The Balaban J connectivity index is 1.18. The zero-order valence-electron chi connectivity index (χ0n) is 31.0. The maximum absolute atomic E-state index is 14.9. The fourth-order valence-electron chi connectivity index (χ4n) is 14.0. The Morgan fingerprint density at radius 1 is 0.878 bits per heavy atom. The highest BCUT2D eigenvalue weighted by Crippen LogP contribution is 2.78. The first kappa shape index (κ1) is 34.1. The first-order chi connectivity index (χ1) is 23.0. The normalized spacial score (nSPS) is 49.2. The maximum Gasteiger partial charge on any atom is 0.313 e. The molecule has 9 rings (SSSR count). The van der Waals surface area contributed by atoms with Crippen molar-refractivity contribution in [2.24, 2.45) is 50.2 Å². The van der Waals surface area contributed by atoms with Gasteiger partial charge in [0.25, 0.3) is 5.91 Å². The molecule has 0 radical (unpaired) electrons. The summed E-state index contributed by atoms with van der Waals surface area (Å²) in [5.74, 6) is 0.287. The summed E-state index contributed by atoms with van der Waals surface area (Å²) in [4.78, 5) is 44.6. The standard InChI is InChI=1S/C42H61NO6/c1-7-23-43(33(46)42-22-19-38(6,34(47)49-42)35(42,2)3)26-40(48)18-15-31-37(40,5)17-14-30-36(4)16-13-28(44)24-39(36)20-21-41(30,31)29(25-39)32(45)27-11-9-8-10-12-27/h20-21,25,27-28,30-31,44,48H,7-19,22-24,26H2,1-6H3. The van der Waals surface area contributed by atoms with Crippen molar-refractivity contribution in [1.29, 1.82) is 0 Å². The van der Waals surface area contributed by atoms with Crippen LogP contribution in [0.3, 0.4) is 0 Å². The largest absolute Gasteiger partial charge is 0.448 e. The number of rotatable bonds is 7. The number of aliphatic hydroxyl groups is 2. The molecule has 1 heterocycles. The summed E-state index contributed by atoms with van der Waals surface area (Å²) < 4.78 is 6.08. The molecular formula is C42H61NO6. The molecule has 7 heteroatoms. The van der Waals surface area contributed by atoms with Gasteiger partial charge >= 0.3 is 5.97 Å². The van der Waals surface area contributed by atoms with Crippen LogP contribution >= 0.6 is 0 Å². The van der Waals surface area contributed by atoms with E-state index in [4.69, 9.17) is 4.74 Å². The summed E-state index contributed by atoms with van der Waals surface area (Å²) in [6.07, 6.45) is 19.5. The molecule has 1 amide bonds. The van der Waals surface area contributed by atoms with E-state index in [-0.39, 0.29) is 53.1 Å². The van der Waals surface area contributed by atoms with Crippen LogP contribution in [0.1, 0.15) is 138 Å². The average molecular weight is 676 g/mol. The summed E-state index contributed by atoms with van der Waals surface area (Å²) in [7, 11) is 0. The number of hydrogen-bond acceptors (Lipinski definition) is 6. The highest BCUT2D eigenvalue weighted by Gasteiger charge is 2.78. The first-order valence-electron chi connectivity index (χ1n) is 19.9. The molecule has 8 aliphatic carbocycles.